The van der Waals surface area contributed by atoms with Crippen molar-refractivity contribution in [3.8, 4) is 0 Å². The maximum Gasteiger partial charge on any atom is 0.310 e. The lowest BCUT2D eigenvalue weighted by molar-refractivity contribution is -0.142. The molecule has 0 aromatic carbocycles. The summed E-state index contributed by atoms with van der Waals surface area (Å²) in [6.07, 6.45) is -2.44. The van der Waals surface area contributed by atoms with Crippen LogP contribution in [0.3, 0.4) is 0 Å². The number of esters is 1. The predicted octanol–water partition coefficient (Wildman–Crippen LogP) is 2.07. The smallest absolute Gasteiger partial charge is 0.310 e. The van der Waals surface area contributed by atoms with Crippen LogP contribution in [0.2, 0.25) is 5.02 Å². The highest BCUT2D eigenvalue weighted by Gasteiger charge is 2.20. The van der Waals surface area contributed by atoms with Crippen molar-refractivity contribution in [2.45, 2.75) is 19.8 Å². The molecule has 4 nitrogen and oxygen atoms in total. The molecule has 0 radical (unpaired) electrons. The van der Waals surface area contributed by atoms with Crippen molar-refractivity contribution in [2.24, 2.45) is 0 Å². The first-order chi connectivity index (χ1) is 7.97. The van der Waals surface area contributed by atoms with Gasteiger partial charge in [0, 0.05) is 11.8 Å². The number of ether oxygens (including phenoxy) is 1. The average Bonchev–Trinajstić information content (AvgIpc) is 2.25. The van der Waals surface area contributed by atoms with Crippen LogP contribution in [0.25, 0.3) is 0 Å². The number of pyridine rings is 1. The lowest BCUT2D eigenvalue weighted by Crippen LogP contribution is -2.20. The van der Waals surface area contributed by atoms with Crippen LogP contribution in [0.1, 0.15) is 24.6 Å². The van der Waals surface area contributed by atoms with Crippen molar-refractivity contribution < 1.29 is 18.3 Å². The van der Waals surface area contributed by atoms with Gasteiger partial charge in [-0.1, -0.05) is 11.6 Å². The van der Waals surface area contributed by atoms with Crippen molar-refractivity contribution in [3.05, 3.63) is 32.7 Å². The van der Waals surface area contributed by atoms with E-state index in [-0.39, 0.29) is 17.2 Å². The molecule has 1 aromatic rings. The zero-order chi connectivity index (χ0) is 13.0. The van der Waals surface area contributed by atoms with E-state index in [1.54, 1.807) is 6.92 Å². The molecule has 1 heterocycles. The van der Waals surface area contributed by atoms with Crippen LogP contribution in [0.4, 0.5) is 8.78 Å². The summed E-state index contributed by atoms with van der Waals surface area (Å²) in [5.41, 5.74) is -1.74. The van der Waals surface area contributed by atoms with E-state index in [2.05, 4.69) is 9.72 Å². The molecule has 0 saturated heterocycles. The van der Waals surface area contributed by atoms with Crippen LogP contribution in [0.15, 0.2) is 11.0 Å². The first kappa shape index (κ1) is 13.6. The third kappa shape index (κ3) is 3.26. The van der Waals surface area contributed by atoms with Gasteiger partial charge in [0.1, 0.15) is 5.02 Å². The standard InChI is InChI=1S/C10H10ClF2NO3/c1-2-17-7(15)3-5-8(10(12)13)14-4-6(11)9(5)16/h4,10H,2-3H2,1H3,(H,14,16). The molecule has 1 aromatic heterocycles. The minimum Gasteiger partial charge on any atom is -0.466 e. The Kier molecular flexibility index (Phi) is 4.62. The number of carbonyl (C=O) groups is 1. The normalized spacial score (nSPS) is 10.6. The fraction of sp³-hybridized carbons (Fsp3) is 0.400. The average molecular weight is 266 g/mol. The van der Waals surface area contributed by atoms with Gasteiger partial charge in [-0.15, -0.1) is 0 Å². The monoisotopic (exact) mass is 265 g/mol. The number of carbonyl (C=O) groups excluding carboxylic acids is 1. The molecule has 17 heavy (non-hydrogen) atoms. The first-order valence-corrected chi connectivity index (χ1v) is 5.18. The van der Waals surface area contributed by atoms with Gasteiger partial charge in [0.05, 0.1) is 18.7 Å². The van der Waals surface area contributed by atoms with Crippen molar-refractivity contribution in [1.82, 2.24) is 4.98 Å². The summed E-state index contributed by atoms with van der Waals surface area (Å²) in [5.74, 6) is -0.748. The van der Waals surface area contributed by atoms with Gasteiger partial charge in [-0.3, -0.25) is 9.59 Å². The van der Waals surface area contributed by atoms with Crippen LogP contribution in [0, 0.1) is 0 Å². The summed E-state index contributed by atoms with van der Waals surface area (Å²) in [6, 6.07) is 0. The second-order valence-corrected chi connectivity index (χ2v) is 3.55. The number of aromatic amines is 1. The molecule has 94 valence electrons. The molecule has 0 aliphatic carbocycles. The van der Waals surface area contributed by atoms with Crippen molar-refractivity contribution in [2.75, 3.05) is 6.61 Å². The van der Waals surface area contributed by atoms with E-state index in [0.29, 0.717) is 0 Å². The lowest BCUT2D eigenvalue weighted by Gasteiger charge is -2.08. The third-order valence-corrected chi connectivity index (χ3v) is 2.30. The van der Waals surface area contributed by atoms with Gasteiger partial charge in [0.15, 0.2) is 0 Å². The van der Waals surface area contributed by atoms with E-state index in [9.17, 15) is 18.4 Å². The Labute approximate surface area is 101 Å². The van der Waals surface area contributed by atoms with E-state index in [1.165, 1.54) is 0 Å². The van der Waals surface area contributed by atoms with Gasteiger partial charge in [0.2, 0.25) is 5.43 Å². The predicted molar refractivity (Wildman–Crippen MR) is 57.4 cm³/mol. The number of nitrogens with one attached hydrogen (secondary N) is 1. The minimum atomic E-state index is -2.88. The first-order valence-electron chi connectivity index (χ1n) is 4.81. The molecular weight excluding hydrogens is 256 g/mol. The second kappa shape index (κ2) is 5.77. The molecule has 1 rings (SSSR count). The lowest BCUT2D eigenvalue weighted by atomic mass is 10.1. The number of aromatic nitrogens is 1. The quantitative estimate of drug-likeness (QED) is 0.848. The molecule has 0 aliphatic rings. The number of halogens is 3. The van der Waals surface area contributed by atoms with Crippen molar-refractivity contribution >= 4 is 17.6 Å². The molecule has 0 aliphatic heterocycles. The van der Waals surface area contributed by atoms with Gasteiger partial charge in [0.25, 0.3) is 6.43 Å². The van der Waals surface area contributed by atoms with Crippen molar-refractivity contribution in [1.29, 1.82) is 0 Å². The maximum atomic E-state index is 12.6. The zero-order valence-electron chi connectivity index (χ0n) is 8.93. The number of hydrogen-bond acceptors (Lipinski definition) is 3. The third-order valence-electron chi connectivity index (χ3n) is 2.02. The summed E-state index contributed by atoms with van der Waals surface area (Å²) in [5, 5.41) is -0.242. The highest BCUT2D eigenvalue weighted by molar-refractivity contribution is 6.30. The number of hydrogen-bond donors (Lipinski definition) is 1. The molecular formula is C10H10ClF2NO3. The highest BCUT2D eigenvalue weighted by atomic mass is 35.5. The Morgan fingerprint density at radius 1 is 1.59 bits per heavy atom. The summed E-state index contributed by atoms with van der Waals surface area (Å²) in [6.45, 7) is 1.69. The second-order valence-electron chi connectivity index (χ2n) is 3.14. The maximum absolute atomic E-state index is 12.6. The van der Waals surface area contributed by atoms with Gasteiger partial charge in [-0.25, -0.2) is 8.78 Å². The van der Waals surface area contributed by atoms with Gasteiger partial charge >= 0.3 is 5.97 Å². The molecule has 0 unspecified atom stereocenters. The fourth-order valence-corrected chi connectivity index (χ4v) is 1.46. The van der Waals surface area contributed by atoms with E-state index in [0.717, 1.165) is 6.20 Å². The number of alkyl halides is 2. The van der Waals surface area contributed by atoms with E-state index < -0.39 is 29.9 Å². The van der Waals surface area contributed by atoms with Crippen LogP contribution in [0.5, 0.6) is 0 Å². The van der Waals surface area contributed by atoms with Gasteiger partial charge < -0.3 is 9.72 Å². The number of H-pyrrole nitrogens is 1. The minimum absolute atomic E-state index is 0.112. The Morgan fingerprint density at radius 3 is 2.76 bits per heavy atom. The molecule has 0 saturated carbocycles. The summed E-state index contributed by atoms with van der Waals surface area (Å²) >= 11 is 5.51. The van der Waals surface area contributed by atoms with Crippen LogP contribution < -0.4 is 5.43 Å². The molecule has 1 N–H and O–H groups in total. The van der Waals surface area contributed by atoms with E-state index in [1.807, 2.05) is 0 Å². The van der Waals surface area contributed by atoms with Crippen molar-refractivity contribution in [3.63, 3.8) is 0 Å². The largest absolute Gasteiger partial charge is 0.466 e. The molecule has 0 spiro atoms. The van der Waals surface area contributed by atoms with Crippen LogP contribution >= 0.6 is 11.6 Å². The Hall–Kier alpha value is -1.43. The van der Waals surface area contributed by atoms with E-state index >= 15 is 0 Å². The highest BCUT2D eigenvalue weighted by Crippen LogP contribution is 2.20. The van der Waals surface area contributed by atoms with E-state index in [4.69, 9.17) is 11.6 Å². The zero-order valence-corrected chi connectivity index (χ0v) is 9.68. The Bertz CT molecular complexity index is 473. The summed E-state index contributed by atoms with van der Waals surface area (Å²) in [4.78, 5) is 24.9. The fourth-order valence-electron chi connectivity index (χ4n) is 1.29. The Morgan fingerprint density at radius 2 is 2.24 bits per heavy atom. The molecule has 0 atom stereocenters. The SMILES string of the molecule is CCOC(=O)Cc1c(C(F)F)[nH]cc(Cl)c1=O. The molecule has 0 fully saturated rings. The molecule has 7 heteroatoms. The number of rotatable bonds is 4. The molecule has 0 amide bonds. The van der Waals surface area contributed by atoms with Crippen LogP contribution in [-0.2, 0) is 16.0 Å². The Balaban J connectivity index is 3.15. The van der Waals surface area contributed by atoms with Gasteiger partial charge in [-0.05, 0) is 6.92 Å². The van der Waals surface area contributed by atoms with Gasteiger partial charge in [-0.2, -0.15) is 0 Å². The summed E-state index contributed by atoms with van der Waals surface area (Å²) in [7, 11) is 0. The topological polar surface area (TPSA) is 59.2 Å². The summed E-state index contributed by atoms with van der Waals surface area (Å²) < 4.78 is 29.8. The molecule has 0 bridgehead atoms. The van der Waals surface area contributed by atoms with Crippen LogP contribution in [-0.4, -0.2) is 17.6 Å².